The molecular weight excluding hydrogens is 122 g/mol. The molecule has 0 aromatic rings. The van der Waals surface area contributed by atoms with Gasteiger partial charge in [-0.15, -0.1) is 12.4 Å². The van der Waals surface area contributed by atoms with Crippen LogP contribution in [0.4, 0.5) is 0 Å². The summed E-state index contributed by atoms with van der Waals surface area (Å²) in [6.07, 6.45) is 1.36. The van der Waals surface area contributed by atoms with E-state index in [4.69, 9.17) is 0 Å². The van der Waals surface area contributed by atoms with Gasteiger partial charge < -0.3 is 5.32 Å². The molecule has 8 heavy (non-hydrogen) atoms. The van der Waals surface area contributed by atoms with Gasteiger partial charge >= 0.3 is 0 Å². The minimum atomic E-state index is 0. The zero-order valence-electron chi connectivity index (χ0n) is 5.48. The summed E-state index contributed by atoms with van der Waals surface area (Å²) in [5.74, 6) is 0.912. The van der Waals surface area contributed by atoms with E-state index in [-0.39, 0.29) is 12.4 Å². The molecule has 1 aliphatic heterocycles. The highest BCUT2D eigenvalue weighted by Crippen LogP contribution is 2.10. The maximum absolute atomic E-state index is 3.37. The van der Waals surface area contributed by atoms with Gasteiger partial charge in [0.15, 0.2) is 0 Å². The van der Waals surface area contributed by atoms with Crippen molar-refractivity contribution < 1.29 is 0 Å². The lowest BCUT2D eigenvalue weighted by Gasteiger charge is -1.96. The Morgan fingerprint density at radius 2 is 2.00 bits per heavy atom. The van der Waals surface area contributed by atoms with Crippen LogP contribution in [-0.2, 0) is 0 Å². The van der Waals surface area contributed by atoms with E-state index in [1.54, 1.807) is 0 Å². The minimum absolute atomic E-state index is 0. The minimum Gasteiger partial charge on any atom is -0.314 e. The van der Waals surface area contributed by atoms with Crippen LogP contribution in [-0.4, -0.2) is 12.6 Å². The second-order valence-electron chi connectivity index (χ2n) is 2.65. The van der Waals surface area contributed by atoms with Gasteiger partial charge in [0.1, 0.15) is 0 Å². The van der Waals surface area contributed by atoms with Gasteiger partial charge in [-0.1, -0.05) is 6.92 Å². The molecule has 1 fully saturated rings. The van der Waals surface area contributed by atoms with Gasteiger partial charge in [0.25, 0.3) is 0 Å². The molecule has 50 valence electrons. The average Bonchev–Trinajstić information content (AvgIpc) is 1.87. The van der Waals surface area contributed by atoms with Gasteiger partial charge in [0, 0.05) is 6.04 Å². The van der Waals surface area contributed by atoms with Crippen molar-refractivity contribution in [2.24, 2.45) is 5.92 Å². The van der Waals surface area contributed by atoms with Crippen LogP contribution in [0.2, 0.25) is 0 Å². The van der Waals surface area contributed by atoms with Gasteiger partial charge in [0.05, 0.1) is 0 Å². The monoisotopic (exact) mass is 135 g/mol. The second-order valence-corrected chi connectivity index (χ2v) is 2.65. The zero-order chi connectivity index (χ0) is 5.28. The van der Waals surface area contributed by atoms with Crippen LogP contribution >= 0.6 is 12.4 Å². The highest BCUT2D eigenvalue weighted by molar-refractivity contribution is 5.85. The molecule has 1 aliphatic rings. The SMILES string of the molecule is CC1CNC(C)C1.Cl. The molecular formula is C6H14ClN. The van der Waals surface area contributed by atoms with Crippen LogP contribution in [0.5, 0.6) is 0 Å². The Bertz CT molecular complexity index is 57.5. The number of halogens is 1. The van der Waals surface area contributed by atoms with Crippen LogP contribution in [0.3, 0.4) is 0 Å². The highest BCUT2D eigenvalue weighted by atomic mass is 35.5. The molecule has 1 nitrogen and oxygen atoms in total. The summed E-state index contributed by atoms with van der Waals surface area (Å²) in [5, 5.41) is 3.37. The Morgan fingerprint density at radius 1 is 1.38 bits per heavy atom. The Morgan fingerprint density at radius 3 is 2.12 bits per heavy atom. The van der Waals surface area contributed by atoms with Crippen molar-refractivity contribution >= 4 is 12.4 Å². The predicted molar refractivity (Wildman–Crippen MR) is 38.5 cm³/mol. The molecule has 1 N–H and O–H groups in total. The lowest BCUT2D eigenvalue weighted by Crippen LogP contribution is -2.16. The third-order valence-corrected chi connectivity index (χ3v) is 1.57. The van der Waals surface area contributed by atoms with Crippen LogP contribution < -0.4 is 5.32 Å². The number of rotatable bonds is 0. The van der Waals surface area contributed by atoms with Crippen molar-refractivity contribution in [3.8, 4) is 0 Å². The van der Waals surface area contributed by atoms with E-state index in [1.807, 2.05) is 0 Å². The third kappa shape index (κ3) is 2.01. The molecule has 0 aromatic carbocycles. The molecule has 1 saturated heterocycles. The molecule has 1 rings (SSSR count). The normalized spacial score (nSPS) is 36.8. The van der Waals surface area contributed by atoms with E-state index in [2.05, 4.69) is 19.2 Å². The van der Waals surface area contributed by atoms with Gasteiger partial charge in [0.2, 0.25) is 0 Å². The molecule has 0 amide bonds. The fourth-order valence-electron chi connectivity index (χ4n) is 1.17. The molecule has 0 bridgehead atoms. The van der Waals surface area contributed by atoms with Crippen molar-refractivity contribution in [3.63, 3.8) is 0 Å². The average molecular weight is 136 g/mol. The van der Waals surface area contributed by atoms with Gasteiger partial charge in [-0.3, -0.25) is 0 Å². The standard InChI is InChI=1S/C6H13N.ClH/c1-5-3-6(2)7-4-5;/h5-7H,3-4H2,1-2H3;1H. The van der Waals surface area contributed by atoms with Crippen LogP contribution in [0.1, 0.15) is 20.3 Å². The Balaban J connectivity index is 0.000000490. The lowest BCUT2D eigenvalue weighted by atomic mass is 10.1. The molecule has 0 aromatic heterocycles. The summed E-state index contributed by atoms with van der Waals surface area (Å²) < 4.78 is 0. The van der Waals surface area contributed by atoms with E-state index in [0.29, 0.717) is 0 Å². The summed E-state index contributed by atoms with van der Waals surface area (Å²) >= 11 is 0. The van der Waals surface area contributed by atoms with Crippen LogP contribution in [0, 0.1) is 5.92 Å². The number of hydrogen-bond donors (Lipinski definition) is 1. The topological polar surface area (TPSA) is 12.0 Å². The first-order valence-corrected chi connectivity index (χ1v) is 3.02. The van der Waals surface area contributed by atoms with Crippen molar-refractivity contribution in [1.82, 2.24) is 5.32 Å². The quantitative estimate of drug-likeness (QED) is 0.530. The second kappa shape index (κ2) is 3.31. The summed E-state index contributed by atoms with van der Waals surface area (Å²) in [6, 6.07) is 0.773. The molecule has 2 unspecified atom stereocenters. The Hall–Kier alpha value is 0.250. The molecule has 0 saturated carbocycles. The smallest absolute Gasteiger partial charge is 0.00418 e. The summed E-state index contributed by atoms with van der Waals surface area (Å²) in [4.78, 5) is 0. The highest BCUT2D eigenvalue weighted by Gasteiger charge is 2.14. The van der Waals surface area contributed by atoms with Crippen molar-refractivity contribution in [3.05, 3.63) is 0 Å². The van der Waals surface area contributed by atoms with Crippen LogP contribution in [0.25, 0.3) is 0 Å². The maximum Gasteiger partial charge on any atom is 0.00418 e. The summed E-state index contributed by atoms with van der Waals surface area (Å²) in [7, 11) is 0. The van der Waals surface area contributed by atoms with Crippen molar-refractivity contribution in [1.29, 1.82) is 0 Å². The number of nitrogens with one attached hydrogen (secondary N) is 1. The predicted octanol–water partition coefficient (Wildman–Crippen LogP) is 1.43. The zero-order valence-corrected chi connectivity index (χ0v) is 6.29. The van der Waals surface area contributed by atoms with E-state index < -0.39 is 0 Å². The molecule has 0 spiro atoms. The first-order chi connectivity index (χ1) is 3.29. The van der Waals surface area contributed by atoms with Gasteiger partial charge in [-0.2, -0.15) is 0 Å². The summed E-state index contributed by atoms with van der Waals surface area (Å²) in [5.41, 5.74) is 0. The Kier molecular flexibility index (Phi) is 3.41. The van der Waals surface area contributed by atoms with E-state index >= 15 is 0 Å². The van der Waals surface area contributed by atoms with Crippen LogP contribution in [0.15, 0.2) is 0 Å². The first-order valence-electron chi connectivity index (χ1n) is 3.02. The fraction of sp³-hybridized carbons (Fsp3) is 1.00. The molecule has 2 atom stereocenters. The van der Waals surface area contributed by atoms with Crippen molar-refractivity contribution in [2.75, 3.05) is 6.54 Å². The third-order valence-electron chi connectivity index (χ3n) is 1.57. The molecule has 1 heterocycles. The summed E-state index contributed by atoms with van der Waals surface area (Å²) in [6.45, 7) is 5.75. The van der Waals surface area contributed by atoms with Crippen molar-refractivity contribution in [2.45, 2.75) is 26.3 Å². The van der Waals surface area contributed by atoms with E-state index in [1.165, 1.54) is 13.0 Å². The Labute approximate surface area is 57.3 Å². The first kappa shape index (κ1) is 8.25. The van der Waals surface area contributed by atoms with E-state index in [9.17, 15) is 0 Å². The molecule has 0 aliphatic carbocycles. The largest absolute Gasteiger partial charge is 0.314 e. The van der Waals surface area contributed by atoms with Gasteiger partial charge in [-0.25, -0.2) is 0 Å². The molecule has 2 heteroatoms. The lowest BCUT2D eigenvalue weighted by molar-refractivity contribution is 0.622. The number of hydrogen-bond acceptors (Lipinski definition) is 1. The fourth-order valence-corrected chi connectivity index (χ4v) is 1.17. The maximum atomic E-state index is 3.37. The molecule has 0 radical (unpaired) electrons. The van der Waals surface area contributed by atoms with E-state index in [0.717, 1.165) is 12.0 Å². The van der Waals surface area contributed by atoms with Gasteiger partial charge in [-0.05, 0) is 25.8 Å².